The predicted octanol–water partition coefficient (Wildman–Crippen LogP) is 6.34. The summed E-state index contributed by atoms with van der Waals surface area (Å²) in [6.45, 7) is 2.08. The summed E-state index contributed by atoms with van der Waals surface area (Å²) in [5.41, 5.74) is 5.62. The summed E-state index contributed by atoms with van der Waals surface area (Å²) in [4.78, 5) is 1.20. The molecule has 118 valence electrons. The van der Waals surface area contributed by atoms with Crippen LogP contribution < -0.4 is 0 Å². The van der Waals surface area contributed by atoms with Crippen LogP contribution in [0.25, 0.3) is 27.4 Å². The van der Waals surface area contributed by atoms with Crippen LogP contribution in [0, 0.1) is 6.92 Å². The minimum Gasteiger partial charge on any atom is -0.231 e. The minimum atomic E-state index is 1.03. The van der Waals surface area contributed by atoms with Crippen LogP contribution >= 0.6 is 27.3 Å². The number of benzene rings is 2. The van der Waals surface area contributed by atoms with Crippen molar-refractivity contribution in [3.8, 4) is 27.4 Å². The topological polar surface area (TPSA) is 17.8 Å². The van der Waals surface area contributed by atoms with Crippen LogP contribution in [0.15, 0.2) is 76.6 Å². The lowest BCUT2D eigenvalue weighted by molar-refractivity contribution is 0.871. The van der Waals surface area contributed by atoms with Crippen LogP contribution in [0.5, 0.6) is 0 Å². The van der Waals surface area contributed by atoms with Crippen molar-refractivity contribution in [3.05, 3.63) is 82.3 Å². The van der Waals surface area contributed by atoms with E-state index in [1.165, 1.54) is 16.0 Å². The summed E-state index contributed by atoms with van der Waals surface area (Å²) in [7, 11) is 0. The van der Waals surface area contributed by atoms with Gasteiger partial charge in [0.2, 0.25) is 0 Å². The van der Waals surface area contributed by atoms with Crippen LogP contribution in [0.3, 0.4) is 0 Å². The average Bonchev–Trinajstić information content (AvgIpc) is 3.19. The highest BCUT2D eigenvalue weighted by Crippen LogP contribution is 2.40. The summed E-state index contributed by atoms with van der Waals surface area (Å²) < 4.78 is 3.15. The van der Waals surface area contributed by atoms with Gasteiger partial charge in [-0.25, -0.2) is 4.68 Å². The predicted molar refractivity (Wildman–Crippen MR) is 105 cm³/mol. The molecule has 0 spiro atoms. The number of nitrogens with zero attached hydrogens (tertiary/aromatic N) is 2. The zero-order valence-electron chi connectivity index (χ0n) is 13.1. The van der Waals surface area contributed by atoms with Crippen molar-refractivity contribution in [1.82, 2.24) is 9.78 Å². The first kappa shape index (κ1) is 15.4. The second-order valence-electron chi connectivity index (χ2n) is 5.55. The maximum atomic E-state index is 4.85. The number of para-hydroxylation sites is 1. The van der Waals surface area contributed by atoms with E-state index in [2.05, 4.69) is 75.4 Å². The number of aryl methyl sites for hydroxylation is 1. The first-order valence-corrected chi connectivity index (χ1v) is 9.36. The van der Waals surface area contributed by atoms with Gasteiger partial charge in [-0.15, -0.1) is 11.3 Å². The molecule has 0 bridgehead atoms. The molecule has 0 saturated heterocycles. The number of aromatic nitrogens is 2. The van der Waals surface area contributed by atoms with Gasteiger partial charge < -0.3 is 0 Å². The van der Waals surface area contributed by atoms with Gasteiger partial charge >= 0.3 is 0 Å². The van der Waals surface area contributed by atoms with Gasteiger partial charge in [-0.3, -0.25) is 0 Å². The highest BCUT2D eigenvalue weighted by molar-refractivity contribution is 9.10. The van der Waals surface area contributed by atoms with Gasteiger partial charge in [0.05, 0.1) is 22.0 Å². The second-order valence-corrected chi connectivity index (χ2v) is 7.38. The summed E-state index contributed by atoms with van der Waals surface area (Å²) in [6.07, 6.45) is 0. The molecule has 0 atom stereocenters. The normalized spacial score (nSPS) is 10.9. The third-order valence-corrected chi connectivity index (χ3v) is 5.62. The lowest BCUT2D eigenvalue weighted by Gasteiger charge is -2.08. The maximum Gasteiger partial charge on any atom is 0.0922 e. The maximum absolute atomic E-state index is 4.85. The van der Waals surface area contributed by atoms with E-state index < -0.39 is 0 Å². The Morgan fingerprint density at radius 3 is 2.25 bits per heavy atom. The molecule has 0 amide bonds. The monoisotopic (exact) mass is 394 g/mol. The lowest BCUT2D eigenvalue weighted by atomic mass is 10.0. The van der Waals surface area contributed by atoms with Crippen LogP contribution in [0.2, 0.25) is 0 Å². The number of thiophene rings is 1. The molecule has 0 unspecified atom stereocenters. The summed E-state index contributed by atoms with van der Waals surface area (Å²) in [5.74, 6) is 0. The molecule has 4 aromatic rings. The van der Waals surface area contributed by atoms with Crippen molar-refractivity contribution < 1.29 is 0 Å². The Bertz CT molecular complexity index is 972. The Kier molecular flexibility index (Phi) is 4.08. The molecule has 2 heterocycles. The van der Waals surface area contributed by atoms with Gasteiger partial charge in [0.15, 0.2) is 0 Å². The molecular formula is C20H15BrN2S. The zero-order chi connectivity index (χ0) is 16.5. The fourth-order valence-corrected chi connectivity index (χ4v) is 4.36. The van der Waals surface area contributed by atoms with E-state index >= 15 is 0 Å². The van der Waals surface area contributed by atoms with Crippen LogP contribution in [-0.2, 0) is 0 Å². The SMILES string of the molecule is Cc1nn(-c2ccccc2)c(-c2cc(Br)cs2)c1-c1ccccc1. The van der Waals surface area contributed by atoms with Crippen LogP contribution in [0.1, 0.15) is 5.69 Å². The zero-order valence-corrected chi connectivity index (χ0v) is 15.5. The van der Waals surface area contributed by atoms with Gasteiger partial charge in [0.25, 0.3) is 0 Å². The fraction of sp³-hybridized carbons (Fsp3) is 0.0500. The summed E-state index contributed by atoms with van der Waals surface area (Å²) >= 11 is 5.30. The second kappa shape index (κ2) is 6.38. The van der Waals surface area contributed by atoms with Gasteiger partial charge in [-0.2, -0.15) is 5.10 Å². The first-order chi connectivity index (χ1) is 11.7. The first-order valence-electron chi connectivity index (χ1n) is 7.69. The number of hydrogen-bond donors (Lipinski definition) is 0. The molecule has 4 rings (SSSR count). The van der Waals surface area contributed by atoms with Crippen molar-refractivity contribution in [1.29, 1.82) is 0 Å². The van der Waals surface area contributed by atoms with Crippen LogP contribution in [0.4, 0.5) is 0 Å². The fourth-order valence-electron chi connectivity index (χ4n) is 2.90. The quantitative estimate of drug-likeness (QED) is 0.396. The molecule has 4 heteroatoms. The number of halogens is 1. The van der Waals surface area contributed by atoms with E-state index in [0.717, 1.165) is 21.5 Å². The molecule has 0 saturated carbocycles. The van der Waals surface area contributed by atoms with Gasteiger partial charge in [-0.1, -0.05) is 48.5 Å². The van der Waals surface area contributed by atoms with E-state index in [-0.39, 0.29) is 0 Å². The standard InChI is InChI=1S/C20H15BrN2S/c1-14-19(15-8-4-2-5-9-15)20(18-12-16(21)13-24-18)23(22-14)17-10-6-3-7-11-17/h2-13H,1H3. The summed E-state index contributed by atoms with van der Waals surface area (Å²) in [5, 5.41) is 6.96. The molecule has 24 heavy (non-hydrogen) atoms. The molecule has 2 aromatic carbocycles. The Hall–Kier alpha value is -2.17. The van der Waals surface area contributed by atoms with Crippen molar-refractivity contribution in [2.75, 3.05) is 0 Å². The van der Waals surface area contributed by atoms with Crippen molar-refractivity contribution in [3.63, 3.8) is 0 Å². The largest absolute Gasteiger partial charge is 0.231 e. The van der Waals surface area contributed by atoms with E-state index in [1.54, 1.807) is 11.3 Å². The van der Waals surface area contributed by atoms with Gasteiger partial charge in [0, 0.05) is 15.4 Å². The highest BCUT2D eigenvalue weighted by atomic mass is 79.9. The molecule has 2 aromatic heterocycles. The van der Waals surface area contributed by atoms with Crippen LogP contribution in [-0.4, -0.2) is 9.78 Å². The van der Waals surface area contributed by atoms with E-state index in [9.17, 15) is 0 Å². The van der Waals surface area contributed by atoms with Crippen molar-refractivity contribution >= 4 is 27.3 Å². The molecule has 0 radical (unpaired) electrons. The molecule has 0 aliphatic heterocycles. The Balaban J connectivity index is 2.03. The molecular weight excluding hydrogens is 380 g/mol. The highest BCUT2D eigenvalue weighted by Gasteiger charge is 2.20. The molecule has 0 aliphatic rings. The Morgan fingerprint density at radius 2 is 1.62 bits per heavy atom. The lowest BCUT2D eigenvalue weighted by Crippen LogP contribution is -1.98. The average molecular weight is 395 g/mol. The minimum absolute atomic E-state index is 1.03. The van der Waals surface area contributed by atoms with E-state index in [4.69, 9.17) is 5.10 Å². The van der Waals surface area contributed by atoms with E-state index in [1.807, 2.05) is 24.3 Å². The smallest absolute Gasteiger partial charge is 0.0922 e. The number of hydrogen-bond acceptors (Lipinski definition) is 2. The molecule has 2 nitrogen and oxygen atoms in total. The van der Waals surface area contributed by atoms with E-state index in [0.29, 0.717) is 0 Å². The summed E-state index contributed by atoms with van der Waals surface area (Å²) in [6, 6.07) is 22.9. The molecule has 0 N–H and O–H groups in total. The van der Waals surface area contributed by atoms with Crippen molar-refractivity contribution in [2.24, 2.45) is 0 Å². The van der Waals surface area contributed by atoms with Gasteiger partial charge in [-0.05, 0) is 46.6 Å². The third kappa shape index (κ3) is 2.72. The Labute approximate surface area is 153 Å². The van der Waals surface area contributed by atoms with Crippen molar-refractivity contribution in [2.45, 2.75) is 6.92 Å². The number of rotatable bonds is 3. The Morgan fingerprint density at radius 1 is 0.958 bits per heavy atom. The van der Waals surface area contributed by atoms with Gasteiger partial charge in [0.1, 0.15) is 0 Å². The molecule has 0 fully saturated rings. The molecule has 0 aliphatic carbocycles. The third-order valence-electron chi connectivity index (χ3n) is 3.92.